The fourth-order valence-corrected chi connectivity index (χ4v) is 3.11. The van der Waals surface area contributed by atoms with Gasteiger partial charge in [0.2, 0.25) is 0 Å². The molecule has 18 heavy (non-hydrogen) atoms. The number of imidazole rings is 1. The summed E-state index contributed by atoms with van der Waals surface area (Å²) in [5.74, 6) is 0.908. The van der Waals surface area contributed by atoms with Crippen molar-refractivity contribution in [3.63, 3.8) is 0 Å². The van der Waals surface area contributed by atoms with E-state index < -0.39 is 0 Å². The van der Waals surface area contributed by atoms with E-state index in [-0.39, 0.29) is 12.7 Å². The Hall–Kier alpha value is -1.11. The number of rotatable bonds is 3. The van der Waals surface area contributed by atoms with Crippen LogP contribution in [0.2, 0.25) is 0 Å². The lowest BCUT2D eigenvalue weighted by atomic mass is 10.2. The van der Waals surface area contributed by atoms with Gasteiger partial charge in [0.15, 0.2) is 10.8 Å². The Kier molecular flexibility index (Phi) is 3.23. The number of nitrogens with zero attached hydrogens (tertiary/aromatic N) is 3. The minimum atomic E-state index is 0.0153. The van der Waals surface area contributed by atoms with Crippen LogP contribution in [0.25, 0.3) is 4.96 Å². The molecule has 0 spiro atoms. The maximum absolute atomic E-state index is 9.56. The lowest BCUT2D eigenvalue weighted by Gasteiger charge is -2.33. The van der Waals surface area contributed by atoms with Gasteiger partial charge in [-0.2, -0.15) is 0 Å². The largest absolute Gasteiger partial charge is 0.390 e. The van der Waals surface area contributed by atoms with E-state index in [9.17, 15) is 5.11 Å². The average Bonchev–Trinajstić information content (AvgIpc) is 2.98. The van der Waals surface area contributed by atoms with E-state index in [1.54, 1.807) is 11.3 Å². The van der Waals surface area contributed by atoms with E-state index in [1.807, 2.05) is 16.0 Å². The van der Waals surface area contributed by atoms with E-state index >= 15 is 0 Å². The molecule has 98 valence electrons. The first kappa shape index (κ1) is 12.0. The Labute approximate surface area is 110 Å². The zero-order valence-corrected chi connectivity index (χ0v) is 11.2. The minimum absolute atomic E-state index is 0.0153. The number of hydrogen-bond acceptors (Lipinski definition) is 5. The smallest absolute Gasteiger partial charge is 0.195 e. The molecule has 5 nitrogen and oxygen atoms in total. The van der Waals surface area contributed by atoms with Crippen LogP contribution in [-0.4, -0.2) is 40.3 Å². The summed E-state index contributed by atoms with van der Waals surface area (Å²) in [6, 6.07) is 0. The molecular formula is C12H17N3O2S. The normalized spacial score (nSPS) is 20.8. The Morgan fingerprint density at radius 3 is 3.28 bits per heavy atom. The van der Waals surface area contributed by atoms with Crippen LogP contribution in [-0.2, 0) is 11.3 Å². The summed E-state index contributed by atoms with van der Waals surface area (Å²) in [6.07, 6.45) is 3.23. The highest BCUT2D eigenvalue weighted by molar-refractivity contribution is 7.15. The van der Waals surface area contributed by atoms with Crippen molar-refractivity contribution in [1.29, 1.82) is 0 Å². The number of aliphatic hydroxyl groups excluding tert-OH is 1. The molecule has 6 heteroatoms. The number of ether oxygens (including phenoxy) is 1. The van der Waals surface area contributed by atoms with Crippen molar-refractivity contribution in [3.05, 3.63) is 17.3 Å². The highest BCUT2D eigenvalue weighted by Crippen LogP contribution is 2.26. The Morgan fingerprint density at radius 2 is 2.50 bits per heavy atom. The van der Waals surface area contributed by atoms with Crippen LogP contribution in [0.1, 0.15) is 19.0 Å². The van der Waals surface area contributed by atoms with E-state index in [0.717, 1.165) is 42.6 Å². The number of anilines is 1. The third-order valence-electron chi connectivity index (χ3n) is 3.38. The quantitative estimate of drug-likeness (QED) is 0.915. The minimum Gasteiger partial charge on any atom is -0.390 e. The van der Waals surface area contributed by atoms with Crippen LogP contribution >= 0.6 is 11.3 Å². The number of morpholine rings is 1. The highest BCUT2D eigenvalue weighted by Gasteiger charge is 2.24. The summed E-state index contributed by atoms with van der Waals surface area (Å²) in [4.78, 5) is 7.79. The van der Waals surface area contributed by atoms with Crippen LogP contribution < -0.4 is 4.90 Å². The van der Waals surface area contributed by atoms with Gasteiger partial charge in [-0.25, -0.2) is 4.98 Å². The van der Waals surface area contributed by atoms with Crippen LogP contribution in [0.3, 0.4) is 0 Å². The van der Waals surface area contributed by atoms with Crippen molar-refractivity contribution in [3.8, 4) is 0 Å². The van der Waals surface area contributed by atoms with Crippen LogP contribution in [0.4, 0.5) is 5.82 Å². The summed E-state index contributed by atoms with van der Waals surface area (Å²) < 4.78 is 7.64. The fourth-order valence-electron chi connectivity index (χ4n) is 2.38. The van der Waals surface area contributed by atoms with Crippen LogP contribution in [0.5, 0.6) is 0 Å². The zero-order chi connectivity index (χ0) is 12.5. The van der Waals surface area contributed by atoms with Crippen molar-refractivity contribution in [2.75, 3.05) is 24.6 Å². The van der Waals surface area contributed by atoms with E-state index in [2.05, 4.69) is 16.8 Å². The third-order valence-corrected chi connectivity index (χ3v) is 4.14. The molecule has 0 saturated carbocycles. The molecule has 3 heterocycles. The Balaban J connectivity index is 1.95. The zero-order valence-electron chi connectivity index (χ0n) is 10.4. The molecule has 1 atom stereocenters. The number of thiazole rings is 1. The third kappa shape index (κ3) is 1.90. The second-order valence-electron chi connectivity index (χ2n) is 4.44. The molecule has 1 saturated heterocycles. The van der Waals surface area contributed by atoms with Crippen LogP contribution in [0, 0.1) is 0 Å². The highest BCUT2D eigenvalue weighted by atomic mass is 32.1. The van der Waals surface area contributed by atoms with Crippen molar-refractivity contribution in [2.45, 2.75) is 26.1 Å². The van der Waals surface area contributed by atoms with Gasteiger partial charge in [-0.15, -0.1) is 11.3 Å². The molecule has 0 aliphatic carbocycles. The maximum Gasteiger partial charge on any atom is 0.195 e. The van der Waals surface area contributed by atoms with Gasteiger partial charge < -0.3 is 14.7 Å². The summed E-state index contributed by atoms with van der Waals surface area (Å²) in [6.45, 7) is 4.57. The second-order valence-corrected chi connectivity index (χ2v) is 5.32. The van der Waals surface area contributed by atoms with Crippen molar-refractivity contribution >= 4 is 22.1 Å². The molecule has 0 aromatic carbocycles. The van der Waals surface area contributed by atoms with E-state index in [4.69, 9.17) is 4.74 Å². The maximum atomic E-state index is 9.56. The van der Waals surface area contributed by atoms with Gasteiger partial charge in [0, 0.05) is 24.7 Å². The lowest BCUT2D eigenvalue weighted by molar-refractivity contribution is 0.0380. The second kappa shape index (κ2) is 4.87. The predicted molar refractivity (Wildman–Crippen MR) is 71.2 cm³/mol. The number of aromatic nitrogens is 2. The summed E-state index contributed by atoms with van der Waals surface area (Å²) in [5, 5.41) is 11.5. The monoisotopic (exact) mass is 267 g/mol. The first-order valence-corrected chi connectivity index (χ1v) is 7.13. The molecule has 3 rings (SSSR count). The number of hydrogen-bond donors (Lipinski definition) is 1. The fraction of sp³-hybridized carbons (Fsp3) is 0.583. The summed E-state index contributed by atoms with van der Waals surface area (Å²) >= 11 is 1.59. The SMILES string of the molecule is CCC1CN(c2nc3sccn3c2CO)CCO1. The molecule has 0 bridgehead atoms. The van der Waals surface area contributed by atoms with Gasteiger partial charge in [-0.3, -0.25) is 4.40 Å². The molecule has 1 N–H and O–H groups in total. The predicted octanol–water partition coefficient (Wildman–Crippen LogP) is 1.50. The van der Waals surface area contributed by atoms with Crippen molar-refractivity contribution < 1.29 is 9.84 Å². The van der Waals surface area contributed by atoms with Crippen molar-refractivity contribution in [1.82, 2.24) is 9.38 Å². The molecule has 0 radical (unpaired) electrons. The average molecular weight is 267 g/mol. The molecule has 0 amide bonds. The molecule has 2 aromatic rings. The van der Waals surface area contributed by atoms with Crippen molar-refractivity contribution in [2.24, 2.45) is 0 Å². The standard InChI is InChI=1S/C12H17N3O2S/c1-2-9-7-14(3-5-17-9)11-10(8-16)15-4-6-18-12(15)13-11/h4,6,9,16H,2-3,5,7-8H2,1H3. The van der Waals surface area contributed by atoms with Crippen LogP contribution in [0.15, 0.2) is 11.6 Å². The molecule has 2 aromatic heterocycles. The van der Waals surface area contributed by atoms with E-state index in [0.29, 0.717) is 0 Å². The molecule has 1 unspecified atom stereocenters. The van der Waals surface area contributed by atoms with Gasteiger partial charge >= 0.3 is 0 Å². The summed E-state index contributed by atoms with van der Waals surface area (Å²) in [5.41, 5.74) is 0.878. The number of fused-ring (bicyclic) bond motifs is 1. The van der Waals surface area contributed by atoms with E-state index in [1.165, 1.54) is 0 Å². The van der Waals surface area contributed by atoms with Gasteiger partial charge in [0.05, 0.1) is 25.0 Å². The van der Waals surface area contributed by atoms with Gasteiger partial charge in [-0.05, 0) is 6.42 Å². The first-order valence-electron chi connectivity index (χ1n) is 6.25. The van der Waals surface area contributed by atoms with Gasteiger partial charge in [0.25, 0.3) is 0 Å². The lowest BCUT2D eigenvalue weighted by Crippen LogP contribution is -2.42. The topological polar surface area (TPSA) is 50.0 Å². The van der Waals surface area contributed by atoms with Gasteiger partial charge in [-0.1, -0.05) is 6.92 Å². The Bertz CT molecular complexity index is 536. The first-order chi connectivity index (χ1) is 8.83. The molecule has 1 aliphatic heterocycles. The summed E-state index contributed by atoms with van der Waals surface area (Å²) in [7, 11) is 0. The van der Waals surface area contributed by atoms with Gasteiger partial charge in [0.1, 0.15) is 0 Å². The molecule has 1 fully saturated rings. The number of aliphatic hydroxyl groups is 1. The molecular weight excluding hydrogens is 250 g/mol. The Morgan fingerprint density at radius 1 is 1.61 bits per heavy atom. The molecule has 1 aliphatic rings.